The summed E-state index contributed by atoms with van der Waals surface area (Å²) in [7, 11) is 1.60. The van der Waals surface area contributed by atoms with Crippen LogP contribution in [0.4, 0.5) is 0 Å². The van der Waals surface area contributed by atoms with Crippen molar-refractivity contribution in [2.45, 2.75) is 44.1 Å². The summed E-state index contributed by atoms with van der Waals surface area (Å²) in [6, 6.07) is 7.99. The van der Waals surface area contributed by atoms with Gasteiger partial charge in [-0.1, -0.05) is 11.6 Å². The number of aryl methyl sites for hydroxylation is 1. The summed E-state index contributed by atoms with van der Waals surface area (Å²) >= 11 is 5.86. The lowest BCUT2D eigenvalue weighted by Crippen LogP contribution is -2.60. The minimum atomic E-state index is -1.89. The first kappa shape index (κ1) is 23.9. The fraction of sp³-hybridized carbons (Fsp3) is 0.381. The minimum Gasteiger partial charge on any atom is -0.479 e. The minimum absolute atomic E-state index is 0.270. The van der Waals surface area contributed by atoms with Crippen molar-refractivity contribution in [2.75, 3.05) is 0 Å². The Bertz CT molecular complexity index is 1030. The summed E-state index contributed by atoms with van der Waals surface area (Å²) in [5.41, 5.74) is 1.81. The number of esters is 1. The molecular formula is C21H22ClNO9. The third-order valence-corrected chi connectivity index (χ3v) is 5.48. The van der Waals surface area contributed by atoms with E-state index in [0.717, 1.165) is 0 Å². The van der Waals surface area contributed by atoms with E-state index >= 15 is 0 Å². The molecule has 0 aliphatic carbocycles. The van der Waals surface area contributed by atoms with E-state index < -0.39 is 42.6 Å². The number of carboxylic acid groups (broad SMARTS) is 1. The van der Waals surface area contributed by atoms with Crippen molar-refractivity contribution < 1.29 is 44.3 Å². The van der Waals surface area contributed by atoms with Gasteiger partial charge in [-0.2, -0.15) is 0 Å². The number of aliphatic hydroxyl groups is 3. The van der Waals surface area contributed by atoms with Gasteiger partial charge in [0.25, 0.3) is 0 Å². The molecule has 4 N–H and O–H groups in total. The highest BCUT2D eigenvalue weighted by Crippen LogP contribution is 2.24. The van der Waals surface area contributed by atoms with Crippen LogP contribution in [-0.2, 0) is 32.5 Å². The molecular weight excluding hydrogens is 446 g/mol. The summed E-state index contributed by atoms with van der Waals surface area (Å²) in [5.74, 6) is -2.76. The van der Waals surface area contributed by atoms with Gasteiger partial charge in [0.05, 0.1) is 12.1 Å². The SMILES string of the molecule is Cc1cc(CC(=O)OC2OC(C(=O)O)C(O)C(O)C2O)n(C)c1C(=O)c1ccc(Cl)cc1. The van der Waals surface area contributed by atoms with Crippen molar-refractivity contribution in [2.24, 2.45) is 7.05 Å². The average Bonchev–Trinajstić information content (AvgIpc) is 3.01. The van der Waals surface area contributed by atoms with E-state index in [1.54, 1.807) is 44.3 Å². The lowest BCUT2D eigenvalue weighted by molar-refractivity contribution is -0.286. The Hall–Kier alpha value is -2.76. The number of hydrogen-bond acceptors (Lipinski definition) is 8. The predicted octanol–water partition coefficient (Wildman–Crippen LogP) is 0.196. The van der Waals surface area contributed by atoms with Crippen LogP contribution in [0.2, 0.25) is 5.02 Å². The third kappa shape index (κ3) is 4.69. The summed E-state index contributed by atoms with van der Waals surface area (Å²) in [6.45, 7) is 1.71. The number of benzene rings is 1. The number of aliphatic carboxylic acids is 1. The maximum Gasteiger partial charge on any atom is 0.335 e. The van der Waals surface area contributed by atoms with E-state index in [1.807, 2.05) is 0 Å². The molecule has 11 heteroatoms. The molecule has 10 nitrogen and oxygen atoms in total. The van der Waals surface area contributed by atoms with Crippen molar-refractivity contribution in [1.29, 1.82) is 0 Å². The van der Waals surface area contributed by atoms with E-state index in [2.05, 4.69) is 0 Å². The first-order valence-corrected chi connectivity index (χ1v) is 9.96. The van der Waals surface area contributed by atoms with E-state index in [0.29, 0.717) is 27.5 Å². The molecule has 0 amide bonds. The number of ketones is 1. The molecule has 1 aromatic carbocycles. The maximum atomic E-state index is 12.9. The molecule has 3 rings (SSSR count). The normalized spacial score (nSPS) is 25.4. The number of aliphatic hydroxyl groups excluding tert-OH is 3. The number of carbonyl (C=O) groups is 3. The quantitative estimate of drug-likeness (QED) is 0.344. The number of aromatic nitrogens is 1. The van der Waals surface area contributed by atoms with Gasteiger partial charge in [0, 0.05) is 23.3 Å². The molecule has 0 spiro atoms. The highest BCUT2D eigenvalue weighted by molar-refractivity contribution is 6.30. The zero-order valence-corrected chi connectivity index (χ0v) is 17.9. The molecule has 1 fully saturated rings. The van der Waals surface area contributed by atoms with Gasteiger partial charge in [0.15, 0.2) is 6.10 Å². The van der Waals surface area contributed by atoms with Crippen molar-refractivity contribution in [3.63, 3.8) is 0 Å². The molecule has 2 aromatic rings. The van der Waals surface area contributed by atoms with Gasteiger partial charge in [-0.15, -0.1) is 0 Å². The molecule has 1 aromatic heterocycles. The van der Waals surface area contributed by atoms with Crippen LogP contribution >= 0.6 is 11.6 Å². The molecule has 172 valence electrons. The summed E-state index contributed by atoms with van der Waals surface area (Å²) in [5, 5.41) is 39.1. The van der Waals surface area contributed by atoms with Crippen LogP contribution in [0.5, 0.6) is 0 Å². The molecule has 1 aliphatic heterocycles. The second kappa shape index (κ2) is 9.39. The maximum absolute atomic E-state index is 12.9. The van der Waals surface area contributed by atoms with Crippen LogP contribution in [-0.4, -0.2) is 73.4 Å². The molecule has 1 aliphatic rings. The van der Waals surface area contributed by atoms with Crippen molar-refractivity contribution in [1.82, 2.24) is 4.57 Å². The number of ether oxygens (including phenoxy) is 2. The van der Waals surface area contributed by atoms with Crippen LogP contribution < -0.4 is 0 Å². The standard InChI is InChI=1S/C21H22ClNO9/c1-9-7-12(23(2)14(9)15(25)10-3-5-11(22)6-4-10)8-13(24)31-21-18(28)16(26)17(27)19(32-21)20(29)30/h3-7,16-19,21,26-28H,8H2,1-2H3,(H,29,30). The summed E-state index contributed by atoms with van der Waals surface area (Å²) in [4.78, 5) is 36.5. The number of halogens is 1. The average molecular weight is 468 g/mol. The van der Waals surface area contributed by atoms with Gasteiger partial charge in [0.1, 0.15) is 18.3 Å². The second-order valence-corrected chi connectivity index (χ2v) is 7.90. The Balaban J connectivity index is 1.74. The van der Waals surface area contributed by atoms with Crippen molar-refractivity contribution in [3.05, 3.63) is 57.9 Å². The van der Waals surface area contributed by atoms with Crippen LogP contribution in [0.1, 0.15) is 27.3 Å². The van der Waals surface area contributed by atoms with Gasteiger partial charge in [-0.05, 0) is 42.8 Å². The molecule has 1 saturated heterocycles. The smallest absolute Gasteiger partial charge is 0.335 e. The second-order valence-electron chi connectivity index (χ2n) is 7.46. The third-order valence-electron chi connectivity index (χ3n) is 5.23. The Labute approximate surface area is 187 Å². The number of rotatable bonds is 6. The molecule has 0 bridgehead atoms. The van der Waals surface area contributed by atoms with Crippen molar-refractivity contribution in [3.8, 4) is 0 Å². The number of carbonyl (C=O) groups excluding carboxylic acids is 2. The van der Waals surface area contributed by atoms with Gasteiger partial charge >= 0.3 is 11.9 Å². The highest BCUT2D eigenvalue weighted by Gasteiger charge is 2.48. The highest BCUT2D eigenvalue weighted by atomic mass is 35.5. The molecule has 5 atom stereocenters. The van der Waals surface area contributed by atoms with E-state index in [9.17, 15) is 29.7 Å². The fourth-order valence-corrected chi connectivity index (χ4v) is 3.66. The number of carboxylic acids is 1. The Morgan fingerprint density at radius 2 is 1.72 bits per heavy atom. The van der Waals surface area contributed by atoms with E-state index in [-0.39, 0.29) is 12.2 Å². The van der Waals surface area contributed by atoms with Gasteiger partial charge in [-0.25, -0.2) is 4.79 Å². The number of hydrogen-bond donors (Lipinski definition) is 4. The fourth-order valence-electron chi connectivity index (χ4n) is 3.53. The Morgan fingerprint density at radius 3 is 2.31 bits per heavy atom. The van der Waals surface area contributed by atoms with Crippen LogP contribution in [0.3, 0.4) is 0 Å². The molecule has 0 saturated carbocycles. The number of nitrogens with zero attached hydrogens (tertiary/aromatic N) is 1. The summed E-state index contributed by atoms with van der Waals surface area (Å²) < 4.78 is 11.5. The molecule has 32 heavy (non-hydrogen) atoms. The van der Waals surface area contributed by atoms with Crippen LogP contribution in [0.25, 0.3) is 0 Å². The van der Waals surface area contributed by atoms with Gasteiger partial charge in [-0.3, -0.25) is 9.59 Å². The van der Waals surface area contributed by atoms with Crippen LogP contribution in [0.15, 0.2) is 30.3 Å². The topological polar surface area (TPSA) is 156 Å². The van der Waals surface area contributed by atoms with Gasteiger partial charge < -0.3 is 34.5 Å². The summed E-state index contributed by atoms with van der Waals surface area (Å²) in [6.07, 6.45) is -9.63. The monoisotopic (exact) mass is 467 g/mol. The predicted molar refractivity (Wildman–Crippen MR) is 109 cm³/mol. The Morgan fingerprint density at radius 1 is 1.09 bits per heavy atom. The van der Waals surface area contributed by atoms with E-state index in [1.165, 1.54) is 4.57 Å². The lowest BCUT2D eigenvalue weighted by atomic mass is 9.99. The molecule has 0 radical (unpaired) electrons. The molecule has 5 unspecified atom stereocenters. The largest absolute Gasteiger partial charge is 0.479 e. The van der Waals surface area contributed by atoms with Crippen LogP contribution in [0, 0.1) is 6.92 Å². The first-order valence-electron chi connectivity index (χ1n) is 9.58. The molecule has 2 heterocycles. The lowest BCUT2D eigenvalue weighted by Gasteiger charge is -2.37. The first-order chi connectivity index (χ1) is 15.0. The van der Waals surface area contributed by atoms with Crippen molar-refractivity contribution >= 4 is 29.3 Å². The van der Waals surface area contributed by atoms with Gasteiger partial charge in [0.2, 0.25) is 12.1 Å². The zero-order chi connectivity index (χ0) is 23.7. The zero-order valence-electron chi connectivity index (χ0n) is 17.1. The Kier molecular flexibility index (Phi) is 7.01. The van der Waals surface area contributed by atoms with E-state index in [4.69, 9.17) is 26.2 Å².